The molecule has 0 spiro atoms. The van der Waals surface area contributed by atoms with E-state index in [1.807, 2.05) is 60.7 Å². The van der Waals surface area contributed by atoms with Gasteiger partial charge in [-0.2, -0.15) is 0 Å². The van der Waals surface area contributed by atoms with E-state index in [1.54, 1.807) is 24.7 Å². The molecule has 1 heterocycles. The molecule has 41 heavy (non-hydrogen) atoms. The molecule has 5 aromatic rings. The summed E-state index contributed by atoms with van der Waals surface area (Å²) in [7, 11) is 1.63. The van der Waals surface area contributed by atoms with Crippen LogP contribution in [0.5, 0.6) is 11.5 Å². The summed E-state index contributed by atoms with van der Waals surface area (Å²) in [6.07, 6.45) is 5.91. The van der Waals surface area contributed by atoms with E-state index >= 15 is 0 Å². The van der Waals surface area contributed by atoms with Crippen LogP contribution >= 0.6 is 27.3 Å². The first-order valence-electron chi connectivity index (χ1n) is 13.6. The van der Waals surface area contributed by atoms with Crippen molar-refractivity contribution < 1.29 is 14.3 Å². The summed E-state index contributed by atoms with van der Waals surface area (Å²) in [5.74, 6) is 1.12. The Morgan fingerprint density at radius 3 is 2.63 bits per heavy atom. The second kappa shape index (κ2) is 12.3. The molecule has 0 unspecified atom stereocenters. The summed E-state index contributed by atoms with van der Waals surface area (Å²) >= 11 is 5.30. The molecule has 0 atom stereocenters. The maximum absolute atomic E-state index is 13.4. The number of hydrogen-bond acceptors (Lipinski definition) is 5. The van der Waals surface area contributed by atoms with Gasteiger partial charge in [0.25, 0.3) is 5.91 Å². The summed E-state index contributed by atoms with van der Waals surface area (Å²) in [4.78, 5) is 19.5. The van der Waals surface area contributed by atoms with Crippen LogP contribution in [-0.4, -0.2) is 19.2 Å². The van der Waals surface area contributed by atoms with Gasteiger partial charge in [-0.25, -0.2) is 4.99 Å². The molecule has 0 radical (unpaired) electrons. The van der Waals surface area contributed by atoms with E-state index in [4.69, 9.17) is 14.5 Å². The zero-order valence-electron chi connectivity index (χ0n) is 22.7. The molecule has 1 N–H and O–H groups in total. The number of benzene rings is 4. The van der Waals surface area contributed by atoms with E-state index in [1.165, 1.54) is 15.6 Å². The Hall–Kier alpha value is -3.94. The van der Waals surface area contributed by atoms with Crippen molar-refractivity contribution in [2.75, 3.05) is 12.4 Å². The zero-order chi connectivity index (χ0) is 28.2. The lowest BCUT2D eigenvalue weighted by molar-refractivity contribution is 0.102. The molecule has 5 nitrogen and oxygen atoms in total. The van der Waals surface area contributed by atoms with Gasteiger partial charge in [0.1, 0.15) is 11.6 Å². The summed E-state index contributed by atoms with van der Waals surface area (Å²) in [5.41, 5.74) is 4.54. The van der Waals surface area contributed by atoms with Crippen molar-refractivity contribution in [1.82, 2.24) is 0 Å². The van der Waals surface area contributed by atoms with Crippen molar-refractivity contribution in [3.05, 3.63) is 117 Å². The molecular weight excluding hydrogens is 596 g/mol. The number of ether oxygens (including phenoxy) is 2. The number of amides is 1. The number of carbonyl (C=O) groups is 1. The number of aryl methyl sites for hydroxylation is 1. The number of halogens is 1. The van der Waals surface area contributed by atoms with Crippen molar-refractivity contribution in [2.45, 2.75) is 32.3 Å². The van der Waals surface area contributed by atoms with E-state index in [9.17, 15) is 4.79 Å². The van der Waals surface area contributed by atoms with Crippen LogP contribution in [0.2, 0.25) is 0 Å². The predicted molar refractivity (Wildman–Crippen MR) is 172 cm³/mol. The highest BCUT2D eigenvalue weighted by Crippen LogP contribution is 2.41. The van der Waals surface area contributed by atoms with Crippen molar-refractivity contribution in [1.29, 1.82) is 0 Å². The van der Waals surface area contributed by atoms with Crippen LogP contribution in [0.25, 0.3) is 10.8 Å². The van der Waals surface area contributed by atoms with Gasteiger partial charge in [-0.15, -0.1) is 11.3 Å². The van der Waals surface area contributed by atoms with Gasteiger partial charge in [-0.3, -0.25) is 4.79 Å². The fourth-order valence-electron chi connectivity index (χ4n) is 5.25. The number of anilines is 1. The topological polar surface area (TPSA) is 59.9 Å². The minimum atomic E-state index is -0.112. The number of thiophene rings is 1. The highest BCUT2D eigenvalue weighted by molar-refractivity contribution is 9.10. The third kappa shape index (κ3) is 5.92. The van der Waals surface area contributed by atoms with Gasteiger partial charge >= 0.3 is 0 Å². The number of fused-ring (bicyclic) bond motifs is 2. The highest BCUT2D eigenvalue weighted by atomic mass is 79.9. The minimum absolute atomic E-state index is 0.112. The molecule has 1 aromatic heterocycles. The Kier molecular flexibility index (Phi) is 8.16. The van der Waals surface area contributed by atoms with E-state index in [0.29, 0.717) is 23.7 Å². The second-order valence-corrected chi connectivity index (χ2v) is 11.9. The van der Waals surface area contributed by atoms with Crippen LogP contribution in [0.4, 0.5) is 10.7 Å². The van der Waals surface area contributed by atoms with E-state index in [2.05, 4.69) is 45.5 Å². The molecular formula is C34H29BrN2O3S. The Bertz CT molecular complexity index is 1740. The number of nitrogens with one attached hydrogen (secondary N) is 1. The number of carbonyl (C=O) groups excluding carboxylic acids is 1. The first kappa shape index (κ1) is 27.2. The number of para-hydroxylation sites is 1. The van der Waals surface area contributed by atoms with Crippen LogP contribution in [0.1, 0.15) is 44.8 Å². The van der Waals surface area contributed by atoms with Gasteiger partial charge in [0.2, 0.25) is 0 Å². The lowest BCUT2D eigenvalue weighted by Gasteiger charge is -2.14. The van der Waals surface area contributed by atoms with Gasteiger partial charge in [0.15, 0.2) is 11.5 Å². The summed E-state index contributed by atoms with van der Waals surface area (Å²) in [5, 5.41) is 6.13. The van der Waals surface area contributed by atoms with Crippen LogP contribution < -0.4 is 14.8 Å². The Labute approximate surface area is 252 Å². The van der Waals surface area contributed by atoms with Crippen LogP contribution in [-0.2, 0) is 19.4 Å². The summed E-state index contributed by atoms with van der Waals surface area (Å²) < 4.78 is 12.7. The van der Waals surface area contributed by atoms with Crippen molar-refractivity contribution in [3.63, 3.8) is 0 Å². The van der Waals surface area contributed by atoms with E-state index in [0.717, 1.165) is 57.5 Å². The van der Waals surface area contributed by atoms with Gasteiger partial charge in [-0.1, -0.05) is 60.7 Å². The molecule has 0 fully saturated rings. The number of aliphatic imine (C=N–C) groups is 1. The quantitative estimate of drug-likeness (QED) is 0.175. The molecule has 1 amide bonds. The number of rotatable bonds is 8. The maximum atomic E-state index is 13.4. The molecule has 1 aliphatic rings. The summed E-state index contributed by atoms with van der Waals surface area (Å²) in [6, 6.07) is 27.9. The van der Waals surface area contributed by atoms with Crippen LogP contribution in [0.3, 0.4) is 0 Å². The molecule has 206 valence electrons. The average molecular weight is 626 g/mol. The smallest absolute Gasteiger partial charge is 0.259 e. The van der Waals surface area contributed by atoms with E-state index < -0.39 is 0 Å². The number of nitrogens with zero attached hydrogens (tertiary/aromatic N) is 1. The normalized spacial score (nSPS) is 12.8. The Balaban J connectivity index is 1.26. The third-order valence-electron chi connectivity index (χ3n) is 7.25. The van der Waals surface area contributed by atoms with Gasteiger partial charge in [0, 0.05) is 16.8 Å². The fraction of sp³-hybridized carbons (Fsp3) is 0.176. The van der Waals surface area contributed by atoms with Gasteiger partial charge < -0.3 is 14.8 Å². The van der Waals surface area contributed by atoms with Crippen LogP contribution in [0.15, 0.2) is 94.4 Å². The lowest BCUT2D eigenvalue weighted by atomic mass is 9.95. The standard InChI is InChI=1S/C34H29BrN2O3S/c1-39-29-19-22(18-28(35)32(29)40-21-24-12-9-11-23-10-5-6-15-26(23)24)20-36-34-31(27-16-7-8-17-30(27)41-34)33(38)37-25-13-3-2-4-14-25/h2-6,9-15,18-20H,7-8,16-17,21H2,1H3,(H,37,38). The van der Waals surface area contributed by atoms with Crippen molar-refractivity contribution >= 4 is 60.8 Å². The highest BCUT2D eigenvalue weighted by Gasteiger charge is 2.25. The molecule has 6 rings (SSSR count). The molecule has 7 heteroatoms. The maximum Gasteiger partial charge on any atom is 0.259 e. The van der Waals surface area contributed by atoms with Gasteiger partial charge in [-0.05, 0) is 93.3 Å². The Morgan fingerprint density at radius 2 is 1.78 bits per heavy atom. The van der Waals surface area contributed by atoms with E-state index in [-0.39, 0.29) is 5.91 Å². The minimum Gasteiger partial charge on any atom is -0.493 e. The number of methoxy groups -OCH3 is 1. The van der Waals surface area contributed by atoms with Crippen molar-refractivity contribution in [3.8, 4) is 11.5 Å². The number of hydrogen-bond donors (Lipinski definition) is 1. The lowest BCUT2D eigenvalue weighted by Crippen LogP contribution is -2.14. The van der Waals surface area contributed by atoms with Crippen molar-refractivity contribution in [2.24, 2.45) is 4.99 Å². The largest absolute Gasteiger partial charge is 0.493 e. The monoisotopic (exact) mass is 624 g/mol. The summed E-state index contributed by atoms with van der Waals surface area (Å²) in [6.45, 7) is 0.407. The molecule has 0 saturated carbocycles. The molecule has 0 bridgehead atoms. The van der Waals surface area contributed by atoms with Crippen LogP contribution in [0, 0.1) is 0 Å². The second-order valence-electron chi connectivity index (χ2n) is 9.93. The molecule has 1 aliphatic carbocycles. The SMILES string of the molecule is COc1cc(C=Nc2sc3c(c2C(=O)Nc2ccccc2)CCCC3)cc(Br)c1OCc1cccc2ccccc12. The van der Waals surface area contributed by atoms with Gasteiger partial charge in [0.05, 0.1) is 17.1 Å². The molecule has 4 aromatic carbocycles. The average Bonchev–Trinajstić information content (AvgIpc) is 3.38. The zero-order valence-corrected chi connectivity index (χ0v) is 25.1. The third-order valence-corrected chi connectivity index (χ3v) is 9.03. The fourth-order valence-corrected chi connectivity index (χ4v) is 7.05. The molecule has 0 aliphatic heterocycles. The first-order chi connectivity index (χ1) is 20.1. The molecule has 0 saturated heterocycles. The Morgan fingerprint density at radius 1 is 1.00 bits per heavy atom. The predicted octanol–water partition coefficient (Wildman–Crippen LogP) is 9.13. The first-order valence-corrected chi connectivity index (χ1v) is 15.2.